The van der Waals surface area contributed by atoms with Crippen molar-refractivity contribution in [2.24, 2.45) is 5.73 Å². The molecule has 0 aliphatic heterocycles. The first-order chi connectivity index (χ1) is 5.92. The van der Waals surface area contributed by atoms with Gasteiger partial charge in [0, 0.05) is 6.54 Å². The third-order valence-corrected chi connectivity index (χ3v) is 1.58. The van der Waals surface area contributed by atoms with E-state index >= 15 is 0 Å². The van der Waals surface area contributed by atoms with Crippen LogP contribution in [0, 0.1) is 0 Å². The lowest BCUT2D eigenvalue weighted by Gasteiger charge is -1.91. The summed E-state index contributed by atoms with van der Waals surface area (Å²) in [7, 11) is 0. The fourth-order valence-electron chi connectivity index (χ4n) is 1.02. The molecule has 0 saturated carbocycles. The van der Waals surface area contributed by atoms with Gasteiger partial charge in [0.1, 0.15) is 5.69 Å². The van der Waals surface area contributed by atoms with Crippen LogP contribution in [0.1, 0.15) is 5.69 Å². The van der Waals surface area contributed by atoms with Gasteiger partial charge in [0.2, 0.25) is 0 Å². The van der Waals surface area contributed by atoms with Crippen LogP contribution in [0.15, 0.2) is 33.6 Å². The monoisotopic (exact) mass is 164 g/mol. The smallest absolute Gasteiger partial charge is 0.194 e. The SMILES string of the molecule is NCc1ncoc1-c1ccco1. The molecule has 0 aromatic carbocycles. The maximum Gasteiger partial charge on any atom is 0.194 e. The molecule has 0 atom stereocenters. The number of furan rings is 1. The number of oxazole rings is 1. The highest BCUT2D eigenvalue weighted by Crippen LogP contribution is 2.22. The average molecular weight is 164 g/mol. The molecule has 0 fully saturated rings. The van der Waals surface area contributed by atoms with Crippen LogP contribution in [0.3, 0.4) is 0 Å². The van der Waals surface area contributed by atoms with Crippen molar-refractivity contribution in [3.05, 3.63) is 30.5 Å². The number of hydrogen-bond acceptors (Lipinski definition) is 4. The maximum atomic E-state index is 5.44. The van der Waals surface area contributed by atoms with E-state index in [0.29, 0.717) is 23.8 Å². The molecule has 2 aromatic heterocycles. The lowest BCUT2D eigenvalue weighted by atomic mass is 10.3. The van der Waals surface area contributed by atoms with Crippen molar-refractivity contribution < 1.29 is 8.83 Å². The molecular weight excluding hydrogens is 156 g/mol. The molecule has 0 aliphatic rings. The predicted octanol–water partition coefficient (Wildman–Crippen LogP) is 1.39. The molecule has 62 valence electrons. The molecule has 2 rings (SSSR count). The Labute approximate surface area is 69.0 Å². The van der Waals surface area contributed by atoms with Gasteiger partial charge in [-0.05, 0) is 12.1 Å². The van der Waals surface area contributed by atoms with Crippen LogP contribution in [-0.4, -0.2) is 4.98 Å². The summed E-state index contributed by atoms with van der Waals surface area (Å²) in [6.45, 7) is 0.354. The zero-order valence-corrected chi connectivity index (χ0v) is 6.36. The van der Waals surface area contributed by atoms with Gasteiger partial charge in [0.25, 0.3) is 0 Å². The van der Waals surface area contributed by atoms with Crippen LogP contribution in [0.5, 0.6) is 0 Å². The lowest BCUT2D eigenvalue weighted by Crippen LogP contribution is -1.97. The van der Waals surface area contributed by atoms with Gasteiger partial charge < -0.3 is 14.6 Å². The number of hydrogen-bond donors (Lipinski definition) is 1. The summed E-state index contributed by atoms with van der Waals surface area (Å²) in [5, 5.41) is 0. The number of nitrogens with two attached hydrogens (primary N) is 1. The van der Waals surface area contributed by atoms with E-state index in [-0.39, 0.29) is 0 Å². The van der Waals surface area contributed by atoms with Gasteiger partial charge >= 0.3 is 0 Å². The van der Waals surface area contributed by atoms with Crippen LogP contribution >= 0.6 is 0 Å². The predicted molar refractivity (Wildman–Crippen MR) is 42.1 cm³/mol. The molecule has 4 nitrogen and oxygen atoms in total. The Morgan fingerprint density at radius 3 is 3.00 bits per heavy atom. The first kappa shape index (κ1) is 7.12. The highest BCUT2D eigenvalue weighted by atomic mass is 16.4. The van der Waals surface area contributed by atoms with E-state index in [1.54, 1.807) is 18.4 Å². The molecule has 0 saturated heterocycles. The average Bonchev–Trinajstić information content (AvgIpc) is 2.74. The van der Waals surface area contributed by atoms with Crippen LogP contribution in [0.2, 0.25) is 0 Å². The van der Waals surface area contributed by atoms with Gasteiger partial charge in [0.15, 0.2) is 17.9 Å². The molecule has 0 radical (unpaired) electrons. The number of aromatic nitrogens is 1. The second-order valence-corrected chi connectivity index (χ2v) is 2.31. The van der Waals surface area contributed by atoms with E-state index in [9.17, 15) is 0 Å². The van der Waals surface area contributed by atoms with Crippen molar-refractivity contribution in [2.75, 3.05) is 0 Å². The van der Waals surface area contributed by atoms with Crippen molar-refractivity contribution in [3.8, 4) is 11.5 Å². The summed E-state index contributed by atoms with van der Waals surface area (Å²) < 4.78 is 10.2. The summed E-state index contributed by atoms with van der Waals surface area (Å²) in [6.07, 6.45) is 2.94. The number of nitrogens with zero attached hydrogens (tertiary/aromatic N) is 1. The second kappa shape index (κ2) is 2.83. The Kier molecular flexibility index (Phi) is 1.68. The van der Waals surface area contributed by atoms with Crippen molar-refractivity contribution >= 4 is 0 Å². The maximum absolute atomic E-state index is 5.44. The third-order valence-electron chi connectivity index (χ3n) is 1.58. The van der Waals surface area contributed by atoms with E-state index in [4.69, 9.17) is 14.6 Å². The zero-order valence-electron chi connectivity index (χ0n) is 6.36. The van der Waals surface area contributed by atoms with Crippen LogP contribution in [0.25, 0.3) is 11.5 Å². The lowest BCUT2D eigenvalue weighted by molar-refractivity contribution is 0.519. The summed E-state index contributed by atoms with van der Waals surface area (Å²) in [6, 6.07) is 3.60. The highest BCUT2D eigenvalue weighted by Gasteiger charge is 2.10. The summed E-state index contributed by atoms with van der Waals surface area (Å²) in [5.74, 6) is 1.27. The van der Waals surface area contributed by atoms with Gasteiger partial charge in [0.05, 0.1) is 6.26 Å². The van der Waals surface area contributed by atoms with Crippen molar-refractivity contribution in [3.63, 3.8) is 0 Å². The molecule has 2 aromatic rings. The normalized spacial score (nSPS) is 10.4. The van der Waals surface area contributed by atoms with E-state index in [2.05, 4.69) is 4.98 Å². The molecule has 2 heterocycles. The van der Waals surface area contributed by atoms with Crippen molar-refractivity contribution in [1.82, 2.24) is 4.98 Å². The Morgan fingerprint density at radius 2 is 2.33 bits per heavy atom. The molecule has 0 bridgehead atoms. The molecule has 0 unspecified atom stereocenters. The molecule has 4 heteroatoms. The van der Waals surface area contributed by atoms with E-state index < -0.39 is 0 Å². The standard InChI is InChI=1S/C8H8N2O2/c9-4-6-8(12-5-10-6)7-2-1-3-11-7/h1-3,5H,4,9H2. The summed E-state index contributed by atoms with van der Waals surface area (Å²) in [5.41, 5.74) is 6.15. The first-order valence-electron chi connectivity index (χ1n) is 3.58. The fourth-order valence-corrected chi connectivity index (χ4v) is 1.02. The minimum absolute atomic E-state index is 0.354. The highest BCUT2D eigenvalue weighted by molar-refractivity contribution is 5.52. The Morgan fingerprint density at radius 1 is 1.42 bits per heavy atom. The first-order valence-corrected chi connectivity index (χ1v) is 3.58. The van der Waals surface area contributed by atoms with Crippen molar-refractivity contribution in [1.29, 1.82) is 0 Å². The molecular formula is C8H8N2O2. The third kappa shape index (κ3) is 1.02. The fraction of sp³-hybridized carbons (Fsp3) is 0.125. The van der Waals surface area contributed by atoms with Crippen LogP contribution in [-0.2, 0) is 6.54 Å². The van der Waals surface area contributed by atoms with Gasteiger partial charge in [-0.2, -0.15) is 0 Å². The minimum Gasteiger partial charge on any atom is -0.461 e. The molecule has 0 spiro atoms. The Bertz CT molecular complexity index is 351. The van der Waals surface area contributed by atoms with Crippen LogP contribution in [0.4, 0.5) is 0 Å². The molecule has 2 N–H and O–H groups in total. The van der Waals surface area contributed by atoms with Crippen LogP contribution < -0.4 is 5.73 Å². The van der Waals surface area contributed by atoms with Crippen molar-refractivity contribution in [2.45, 2.75) is 6.54 Å². The van der Waals surface area contributed by atoms with E-state index in [0.717, 1.165) is 0 Å². The molecule has 0 aliphatic carbocycles. The summed E-state index contributed by atoms with van der Waals surface area (Å²) >= 11 is 0. The van der Waals surface area contributed by atoms with E-state index in [1.165, 1.54) is 6.39 Å². The Balaban J connectivity index is 2.46. The molecule has 0 amide bonds. The topological polar surface area (TPSA) is 65.2 Å². The van der Waals surface area contributed by atoms with Gasteiger partial charge in [-0.15, -0.1) is 0 Å². The Hall–Kier alpha value is -1.55. The van der Waals surface area contributed by atoms with E-state index in [1.807, 2.05) is 0 Å². The summed E-state index contributed by atoms with van der Waals surface area (Å²) in [4.78, 5) is 3.94. The van der Waals surface area contributed by atoms with Gasteiger partial charge in [-0.3, -0.25) is 0 Å². The second-order valence-electron chi connectivity index (χ2n) is 2.31. The van der Waals surface area contributed by atoms with Gasteiger partial charge in [-0.25, -0.2) is 4.98 Å². The molecule has 12 heavy (non-hydrogen) atoms. The minimum atomic E-state index is 0.354. The zero-order chi connectivity index (χ0) is 8.39. The number of rotatable bonds is 2. The quantitative estimate of drug-likeness (QED) is 0.728. The largest absolute Gasteiger partial charge is 0.461 e. The van der Waals surface area contributed by atoms with Gasteiger partial charge in [-0.1, -0.05) is 0 Å².